The Morgan fingerprint density at radius 2 is 1.92 bits per heavy atom. The fraction of sp³-hybridized carbons (Fsp3) is 0.650. The van der Waals surface area contributed by atoms with Gasteiger partial charge < -0.3 is 9.74 Å². The Kier molecular flexibility index (Phi) is 6.26. The quantitative estimate of drug-likeness (QED) is 0.727. The molecule has 2 atom stereocenters. The van der Waals surface area contributed by atoms with Gasteiger partial charge in [0.25, 0.3) is 0 Å². The third-order valence-electron chi connectivity index (χ3n) is 5.50. The lowest BCUT2D eigenvalue weighted by Gasteiger charge is -2.39. The van der Waals surface area contributed by atoms with Crippen molar-refractivity contribution in [3.05, 3.63) is 35.9 Å². The minimum atomic E-state index is -1.80. The standard InChI is InChI=1S/C20H33NO2Si/c1-20(2,3)24(4,5)23-18(15-16-9-7-6-8-10-16)13-11-17-12-14-19(22)21-17/h6-10,17-18H,11-15H2,1-5H3,(H,21,22). The van der Waals surface area contributed by atoms with Crippen LogP contribution in [-0.4, -0.2) is 26.4 Å². The molecule has 0 saturated carbocycles. The van der Waals surface area contributed by atoms with E-state index in [1.54, 1.807) is 0 Å². The van der Waals surface area contributed by atoms with E-state index in [2.05, 4.69) is 69.5 Å². The number of amides is 1. The van der Waals surface area contributed by atoms with Crippen molar-refractivity contribution >= 4 is 14.2 Å². The van der Waals surface area contributed by atoms with Gasteiger partial charge in [0.15, 0.2) is 8.32 Å². The van der Waals surface area contributed by atoms with Crippen LogP contribution >= 0.6 is 0 Å². The van der Waals surface area contributed by atoms with Gasteiger partial charge in [-0.3, -0.25) is 4.79 Å². The Morgan fingerprint density at radius 1 is 1.25 bits per heavy atom. The van der Waals surface area contributed by atoms with Gasteiger partial charge in [-0.1, -0.05) is 51.1 Å². The van der Waals surface area contributed by atoms with E-state index in [-0.39, 0.29) is 17.0 Å². The second-order valence-electron chi connectivity index (χ2n) is 8.57. The molecule has 1 amide bonds. The van der Waals surface area contributed by atoms with Crippen molar-refractivity contribution in [3.8, 4) is 0 Å². The number of hydrogen-bond acceptors (Lipinski definition) is 2. The predicted octanol–water partition coefficient (Wildman–Crippen LogP) is 4.68. The Balaban J connectivity index is 2.01. The molecule has 3 nitrogen and oxygen atoms in total. The average Bonchev–Trinajstić information content (AvgIpc) is 2.90. The largest absolute Gasteiger partial charge is 0.414 e. The molecule has 1 heterocycles. The Bertz CT molecular complexity index is 536. The summed E-state index contributed by atoms with van der Waals surface area (Å²) in [7, 11) is -1.80. The van der Waals surface area contributed by atoms with E-state index < -0.39 is 8.32 Å². The van der Waals surface area contributed by atoms with Gasteiger partial charge in [0.1, 0.15) is 0 Å². The molecule has 1 aromatic rings. The smallest absolute Gasteiger partial charge is 0.220 e. The maximum absolute atomic E-state index is 11.4. The summed E-state index contributed by atoms with van der Waals surface area (Å²) in [6.45, 7) is 11.5. The van der Waals surface area contributed by atoms with Gasteiger partial charge in [-0.05, 0) is 49.4 Å². The molecule has 1 saturated heterocycles. The van der Waals surface area contributed by atoms with Gasteiger partial charge in [-0.25, -0.2) is 0 Å². The number of rotatable bonds is 7. The highest BCUT2D eigenvalue weighted by Crippen LogP contribution is 2.38. The van der Waals surface area contributed by atoms with Crippen LogP contribution < -0.4 is 5.32 Å². The molecule has 1 fully saturated rings. The van der Waals surface area contributed by atoms with Gasteiger partial charge in [-0.2, -0.15) is 0 Å². The summed E-state index contributed by atoms with van der Waals surface area (Å²) in [5.41, 5.74) is 1.33. The van der Waals surface area contributed by atoms with Crippen molar-refractivity contribution in [1.82, 2.24) is 5.32 Å². The van der Waals surface area contributed by atoms with Crippen molar-refractivity contribution in [2.45, 2.75) is 83.2 Å². The summed E-state index contributed by atoms with van der Waals surface area (Å²) in [5.74, 6) is 0.199. The van der Waals surface area contributed by atoms with E-state index in [4.69, 9.17) is 4.43 Å². The summed E-state index contributed by atoms with van der Waals surface area (Å²) in [6.07, 6.45) is 4.84. The van der Waals surface area contributed by atoms with Gasteiger partial charge in [-0.15, -0.1) is 0 Å². The van der Waals surface area contributed by atoms with Crippen molar-refractivity contribution in [2.75, 3.05) is 0 Å². The second-order valence-corrected chi connectivity index (χ2v) is 13.3. The first-order valence-electron chi connectivity index (χ1n) is 9.18. The van der Waals surface area contributed by atoms with Crippen LogP contribution in [0.15, 0.2) is 30.3 Å². The van der Waals surface area contributed by atoms with Crippen molar-refractivity contribution in [1.29, 1.82) is 0 Å². The third kappa shape index (κ3) is 5.45. The van der Waals surface area contributed by atoms with Crippen molar-refractivity contribution in [2.24, 2.45) is 0 Å². The molecule has 0 aromatic heterocycles. The van der Waals surface area contributed by atoms with E-state index in [1.807, 2.05) is 0 Å². The summed E-state index contributed by atoms with van der Waals surface area (Å²) in [6, 6.07) is 10.9. The number of nitrogens with one attached hydrogen (secondary N) is 1. The lowest BCUT2D eigenvalue weighted by Crippen LogP contribution is -2.44. The number of hydrogen-bond donors (Lipinski definition) is 1. The maximum atomic E-state index is 11.4. The molecule has 0 bridgehead atoms. The summed E-state index contributed by atoms with van der Waals surface area (Å²) in [5, 5.41) is 3.29. The van der Waals surface area contributed by atoms with Crippen LogP contribution in [0.5, 0.6) is 0 Å². The molecule has 24 heavy (non-hydrogen) atoms. The maximum Gasteiger partial charge on any atom is 0.220 e. The monoisotopic (exact) mass is 347 g/mol. The molecule has 134 valence electrons. The molecule has 0 spiro atoms. The van der Waals surface area contributed by atoms with Gasteiger partial charge in [0, 0.05) is 18.6 Å². The van der Waals surface area contributed by atoms with Crippen LogP contribution in [0.3, 0.4) is 0 Å². The van der Waals surface area contributed by atoms with E-state index >= 15 is 0 Å². The Morgan fingerprint density at radius 3 is 2.46 bits per heavy atom. The predicted molar refractivity (Wildman–Crippen MR) is 103 cm³/mol. The first-order chi connectivity index (χ1) is 11.2. The van der Waals surface area contributed by atoms with E-state index in [1.165, 1.54) is 5.56 Å². The summed E-state index contributed by atoms with van der Waals surface area (Å²) < 4.78 is 6.72. The van der Waals surface area contributed by atoms with E-state index in [0.29, 0.717) is 12.5 Å². The number of benzene rings is 1. The normalized spacial score (nSPS) is 20.0. The molecular weight excluding hydrogens is 314 g/mol. The highest BCUT2D eigenvalue weighted by atomic mass is 28.4. The molecule has 1 aliphatic heterocycles. The fourth-order valence-corrected chi connectivity index (χ4v) is 4.34. The van der Waals surface area contributed by atoms with Crippen molar-refractivity contribution in [3.63, 3.8) is 0 Å². The summed E-state index contributed by atoms with van der Waals surface area (Å²) >= 11 is 0. The van der Waals surface area contributed by atoms with E-state index in [9.17, 15) is 4.79 Å². The van der Waals surface area contributed by atoms with Crippen LogP contribution in [0, 0.1) is 0 Å². The first-order valence-corrected chi connectivity index (χ1v) is 12.1. The zero-order valence-corrected chi connectivity index (χ0v) is 16.9. The van der Waals surface area contributed by atoms with Crippen LogP contribution in [0.2, 0.25) is 18.1 Å². The highest BCUT2D eigenvalue weighted by Gasteiger charge is 2.39. The fourth-order valence-electron chi connectivity index (χ4n) is 2.95. The molecule has 2 unspecified atom stereocenters. The van der Waals surface area contributed by atoms with Crippen LogP contribution in [0.25, 0.3) is 0 Å². The molecule has 1 aromatic carbocycles. The molecule has 0 radical (unpaired) electrons. The topological polar surface area (TPSA) is 38.3 Å². The average molecular weight is 348 g/mol. The first kappa shape index (κ1) is 19.2. The SMILES string of the molecule is CC(C)(C)[Si](C)(C)OC(CCC1CCC(=O)N1)Cc1ccccc1. The molecule has 4 heteroatoms. The number of carbonyl (C=O) groups excluding carboxylic acids is 1. The Labute approximate surface area is 148 Å². The molecule has 2 rings (SSSR count). The molecular formula is C20H33NO2Si. The van der Waals surface area contributed by atoms with Crippen LogP contribution in [-0.2, 0) is 15.6 Å². The minimum absolute atomic E-state index is 0.199. The van der Waals surface area contributed by atoms with Crippen molar-refractivity contribution < 1.29 is 9.22 Å². The Hall–Kier alpha value is -1.13. The highest BCUT2D eigenvalue weighted by molar-refractivity contribution is 6.74. The lowest BCUT2D eigenvalue weighted by molar-refractivity contribution is -0.119. The second kappa shape index (κ2) is 7.83. The zero-order chi connectivity index (χ0) is 17.8. The third-order valence-corrected chi connectivity index (χ3v) is 10.0. The zero-order valence-electron chi connectivity index (χ0n) is 15.9. The number of carbonyl (C=O) groups is 1. The van der Waals surface area contributed by atoms with Gasteiger partial charge in [0.05, 0.1) is 0 Å². The van der Waals surface area contributed by atoms with Gasteiger partial charge >= 0.3 is 0 Å². The van der Waals surface area contributed by atoms with E-state index in [0.717, 1.165) is 25.7 Å². The van der Waals surface area contributed by atoms with Crippen LogP contribution in [0.1, 0.15) is 52.0 Å². The summed E-state index contributed by atoms with van der Waals surface area (Å²) in [4.78, 5) is 11.4. The minimum Gasteiger partial charge on any atom is -0.414 e. The molecule has 1 aliphatic rings. The van der Waals surface area contributed by atoms with Gasteiger partial charge in [0.2, 0.25) is 5.91 Å². The van der Waals surface area contributed by atoms with Crippen LogP contribution in [0.4, 0.5) is 0 Å². The molecule has 0 aliphatic carbocycles. The lowest BCUT2D eigenvalue weighted by atomic mass is 10.0. The molecule has 1 N–H and O–H groups in total.